The molecule has 0 atom stereocenters. The molecule has 0 aliphatic rings. The van der Waals surface area contributed by atoms with Crippen molar-refractivity contribution in [2.45, 2.75) is 6.54 Å². The minimum atomic E-state index is 0.816. The summed E-state index contributed by atoms with van der Waals surface area (Å²) in [7, 11) is 0. The number of aromatic nitrogens is 1. The van der Waals surface area contributed by atoms with Gasteiger partial charge in [0.25, 0.3) is 0 Å². The van der Waals surface area contributed by atoms with E-state index in [9.17, 15) is 0 Å². The third kappa shape index (κ3) is 1.49. The van der Waals surface area contributed by atoms with E-state index in [4.69, 9.17) is 12.2 Å². The molecule has 1 heterocycles. The number of fused-ring (bicyclic) bond motifs is 1. The van der Waals surface area contributed by atoms with Gasteiger partial charge in [0.2, 0.25) is 0 Å². The van der Waals surface area contributed by atoms with Gasteiger partial charge in [-0.05, 0) is 12.1 Å². The number of nitrogens with zero attached hydrogens (tertiary/aromatic N) is 1. The van der Waals surface area contributed by atoms with Crippen LogP contribution < -0.4 is 0 Å². The number of hydrogen-bond acceptors (Lipinski definition) is 1. The molecule has 0 bridgehead atoms. The summed E-state index contributed by atoms with van der Waals surface area (Å²) >= 11 is 5.26. The summed E-state index contributed by atoms with van der Waals surface area (Å²) in [5.41, 5.74) is 1.17. The van der Waals surface area contributed by atoms with E-state index in [1.807, 2.05) is 30.5 Å². The van der Waals surface area contributed by atoms with Crippen LogP contribution >= 0.6 is 12.2 Å². The Labute approximate surface area is 88.3 Å². The molecular formula is C12H11NS. The van der Waals surface area contributed by atoms with Crippen LogP contribution in [0.1, 0.15) is 0 Å². The second kappa shape index (κ2) is 3.76. The van der Waals surface area contributed by atoms with Crippen LogP contribution in [0.3, 0.4) is 0 Å². The highest BCUT2D eigenvalue weighted by Crippen LogP contribution is 2.15. The van der Waals surface area contributed by atoms with Crippen LogP contribution in [0.5, 0.6) is 0 Å². The highest BCUT2D eigenvalue weighted by atomic mass is 32.1. The van der Waals surface area contributed by atoms with Crippen LogP contribution in [0, 0.1) is 4.51 Å². The fourth-order valence-corrected chi connectivity index (χ4v) is 1.79. The SMILES string of the molecule is C=CCn1ccc(=S)c2ccccc21. The lowest BCUT2D eigenvalue weighted by molar-refractivity contribution is 0.854. The summed E-state index contributed by atoms with van der Waals surface area (Å²) in [6.07, 6.45) is 3.89. The number of rotatable bonds is 2. The summed E-state index contributed by atoms with van der Waals surface area (Å²) in [5.74, 6) is 0. The first-order valence-corrected chi connectivity index (χ1v) is 4.93. The fourth-order valence-electron chi connectivity index (χ4n) is 1.56. The zero-order valence-electron chi connectivity index (χ0n) is 7.81. The van der Waals surface area contributed by atoms with Crippen molar-refractivity contribution in [3.63, 3.8) is 0 Å². The topological polar surface area (TPSA) is 4.93 Å². The highest BCUT2D eigenvalue weighted by molar-refractivity contribution is 7.71. The quantitative estimate of drug-likeness (QED) is 0.531. The third-order valence-corrected chi connectivity index (χ3v) is 2.57. The monoisotopic (exact) mass is 201 g/mol. The summed E-state index contributed by atoms with van der Waals surface area (Å²) in [6, 6.07) is 10.1. The zero-order chi connectivity index (χ0) is 9.97. The van der Waals surface area contributed by atoms with Gasteiger partial charge in [-0.25, -0.2) is 0 Å². The predicted molar refractivity (Wildman–Crippen MR) is 63.0 cm³/mol. The number of allylic oxidation sites excluding steroid dienone is 1. The number of para-hydroxylation sites is 1. The Morgan fingerprint density at radius 1 is 1.29 bits per heavy atom. The fraction of sp³-hybridized carbons (Fsp3) is 0.0833. The van der Waals surface area contributed by atoms with Crippen molar-refractivity contribution in [1.29, 1.82) is 0 Å². The molecule has 0 aliphatic heterocycles. The van der Waals surface area contributed by atoms with Crippen molar-refractivity contribution in [1.82, 2.24) is 4.57 Å². The molecule has 2 aromatic rings. The van der Waals surface area contributed by atoms with Gasteiger partial charge in [0.15, 0.2) is 0 Å². The van der Waals surface area contributed by atoms with Gasteiger partial charge in [-0.3, -0.25) is 0 Å². The lowest BCUT2D eigenvalue weighted by atomic mass is 10.2. The van der Waals surface area contributed by atoms with Crippen LogP contribution in [0.2, 0.25) is 0 Å². The molecule has 1 aromatic carbocycles. The minimum Gasteiger partial charge on any atom is -0.344 e. The molecule has 0 fully saturated rings. The summed E-state index contributed by atoms with van der Waals surface area (Å²) in [4.78, 5) is 0. The molecule has 0 spiro atoms. The first-order chi connectivity index (χ1) is 6.83. The van der Waals surface area contributed by atoms with Crippen molar-refractivity contribution in [3.8, 4) is 0 Å². The molecule has 0 aliphatic carbocycles. The molecule has 0 saturated heterocycles. The van der Waals surface area contributed by atoms with Crippen LogP contribution in [-0.4, -0.2) is 4.57 Å². The molecule has 0 saturated carbocycles. The maximum absolute atomic E-state index is 5.26. The molecular weight excluding hydrogens is 190 g/mol. The summed E-state index contributed by atoms with van der Waals surface area (Å²) in [5, 5.41) is 1.13. The number of benzene rings is 1. The average molecular weight is 201 g/mol. The maximum atomic E-state index is 5.26. The third-order valence-electron chi connectivity index (χ3n) is 2.21. The molecule has 14 heavy (non-hydrogen) atoms. The van der Waals surface area contributed by atoms with E-state index < -0.39 is 0 Å². The summed E-state index contributed by atoms with van der Waals surface area (Å²) < 4.78 is 3.04. The average Bonchev–Trinajstić information content (AvgIpc) is 2.23. The Hall–Kier alpha value is -1.41. The van der Waals surface area contributed by atoms with Gasteiger partial charge >= 0.3 is 0 Å². The van der Waals surface area contributed by atoms with Crippen LogP contribution in [0.15, 0.2) is 49.2 Å². The Kier molecular flexibility index (Phi) is 2.46. The largest absolute Gasteiger partial charge is 0.344 e. The van der Waals surface area contributed by atoms with Gasteiger partial charge in [-0.15, -0.1) is 6.58 Å². The van der Waals surface area contributed by atoms with Crippen LogP contribution in [0.4, 0.5) is 0 Å². The Morgan fingerprint density at radius 3 is 2.86 bits per heavy atom. The van der Waals surface area contributed by atoms with Crippen molar-refractivity contribution in [2.75, 3.05) is 0 Å². The van der Waals surface area contributed by atoms with Gasteiger partial charge in [-0.2, -0.15) is 0 Å². The van der Waals surface area contributed by atoms with Crippen LogP contribution in [-0.2, 0) is 6.54 Å². The molecule has 0 N–H and O–H groups in total. The number of pyridine rings is 1. The highest BCUT2D eigenvalue weighted by Gasteiger charge is 1.97. The minimum absolute atomic E-state index is 0.816. The van der Waals surface area contributed by atoms with Crippen molar-refractivity contribution in [2.24, 2.45) is 0 Å². The second-order valence-corrected chi connectivity index (χ2v) is 3.58. The molecule has 2 rings (SSSR count). The van der Waals surface area contributed by atoms with E-state index in [1.54, 1.807) is 0 Å². The Balaban J connectivity index is 2.81. The summed E-state index contributed by atoms with van der Waals surface area (Å²) in [6.45, 7) is 4.55. The Morgan fingerprint density at radius 2 is 2.07 bits per heavy atom. The van der Waals surface area contributed by atoms with E-state index in [0.29, 0.717) is 0 Å². The van der Waals surface area contributed by atoms with E-state index in [-0.39, 0.29) is 0 Å². The first kappa shape index (κ1) is 9.16. The van der Waals surface area contributed by atoms with Gasteiger partial charge in [-0.1, -0.05) is 36.5 Å². The lowest BCUT2D eigenvalue weighted by Gasteiger charge is -2.07. The zero-order valence-corrected chi connectivity index (χ0v) is 8.63. The normalized spacial score (nSPS) is 10.3. The van der Waals surface area contributed by atoms with Gasteiger partial charge in [0.1, 0.15) is 0 Å². The maximum Gasteiger partial charge on any atom is 0.0497 e. The van der Waals surface area contributed by atoms with E-state index in [2.05, 4.69) is 23.3 Å². The molecule has 1 nitrogen and oxygen atoms in total. The smallest absolute Gasteiger partial charge is 0.0497 e. The van der Waals surface area contributed by atoms with Crippen molar-refractivity contribution >= 4 is 23.1 Å². The predicted octanol–water partition coefficient (Wildman–Crippen LogP) is 3.56. The van der Waals surface area contributed by atoms with Gasteiger partial charge < -0.3 is 4.57 Å². The molecule has 0 radical (unpaired) electrons. The molecule has 70 valence electrons. The van der Waals surface area contributed by atoms with Gasteiger partial charge in [0, 0.05) is 28.2 Å². The Bertz CT molecular complexity index is 525. The van der Waals surface area contributed by atoms with Crippen LogP contribution in [0.25, 0.3) is 10.9 Å². The lowest BCUT2D eigenvalue weighted by Crippen LogP contribution is -1.97. The molecule has 2 heteroatoms. The molecule has 1 aromatic heterocycles. The van der Waals surface area contributed by atoms with Crippen molar-refractivity contribution < 1.29 is 0 Å². The van der Waals surface area contributed by atoms with E-state index in [0.717, 1.165) is 16.4 Å². The first-order valence-electron chi connectivity index (χ1n) is 4.52. The standard InChI is InChI=1S/C12H11NS/c1-2-8-13-9-7-12(14)10-5-3-4-6-11(10)13/h2-7,9H,1,8H2. The van der Waals surface area contributed by atoms with E-state index in [1.165, 1.54) is 5.52 Å². The van der Waals surface area contributed by atoms with Gasteiger partial charge in [0.05, 0.1) is 0 Å². The number of hydrogen-bond donors (Lipinski definition) is 0. The van der Waals surface area contributed by atoms with Crippen molar-refractivity contribution in [3.05, 3.63) is 53.7 Å². The van der Waals surface area contributed by atoms with E-state index >= 15 is 0 Å². The molecule has 0 unspecified atom stereocenters. The molecule has 0 amide bonds. The second-order valence-electron chi connectivity index (χ2n) is 3.14.